The maximum atomic E-state index is 13.0. The van der Waals surface area contributed by atoms with Crippen molar-refractivity contribution < 1.29 is 14.3 Å². The van der Waals surface area contributed by atoms with E-state index in [1.54, 1.807) is 17.2 Å². The van der Waals surface area contributed by atoms with Gasteiger partial charge in [-0.25, -0.2) is 0 Å². The van der Waals surface area contributed by atoms with Crippen LogP contribution in [0.4, 0.5) is 0 Å². The van der Waals surface area contributed by atoms with Crippen LogP contribution in [0.5, 0.6) is 0 Å². The van der Waals surface area contributed by atoms with E-state index in [0.717, 1.165) is 23.7 Å². The van der Waals surface area contributed by atoms with Crippen LogP contribution < -0.4 is 0 Å². The number of rotatable bonds is 2. The van der Waals surface area contributed by atoms with E-state index in [2.05, 4.69) is 10.2 Å². The number of morpholine rings is 1. The number of aromatic nitrogens is 2. The van der Waals surface area contributed by atoms with E-state index in [0.29, 0.717) is 38.4 Å². The number of para-hydroxylation sites is 1. The summed E-state index contributed by atoms with van der Waals surface area (Å²) in [5.41, 5.74) is 1.30. The fraction of sp³-hybridized carbons (Fsp3) is 0.471. The Kier molecular flexibility index (Phi) is 3.93. The fourth-order valence-electron chi connectivity index (χ4n) is 3.56. The highest BCUT2D eigenvalue weighted by Crippen LogP contribution is 2.25. The maximum absolute atomic E-state index is 13.0. The van der Waals surface area contributed by atoms with Gasteiger partial charge in [0.15, 0.2) is 0 Å². The highest BCUT2D eigenvalue weighted by atomic mass is 16.5. The molecule has 0 bridgehead atoms. The molecule has 1 aromatic carbocycles. The van der Waals surface area contributed by atoms with Gasteiger partial charge in [-0.1, -0.05) is 12.1 Å². The molecule has 126 valence electrons. The van der Waals surface area contributed by atoms with Crippen molar-refractivity contribution in [3.63, 3.8) is 0 Å². The van der Waals surface area contributed by atoms with Gasteiger partial charge in [0.2, 0.25) is 5.91 Å². The van der Waals surface area contributed by atoms with Crippen molar-refractivity contribution in [1.82, 2.24) is 20.0 Å². The number of nitrogens with one attached hydrogen (secondary N) is 1. The Balaban J connectivity index is 1.59. The van der Waals surface area contributed by atoms with Gasteiger partial charge in [0, 0.05) is 25.0 Å². The van der Waals surface area contributed by atoms with Crippen LogP contribution in [0.15, 0.2) is 24.4 Å². The van der Waals surface area contributed by atoms with Crippen molar-refractivity contribution in [2.24, 2.45) is 0 Å². The van der Waals surface area contributed by atoms with Crippen molar-refractivity contribution >= 4 is 22.7 Å². The second-order valence-corrected chi connectivity index (χ2v) is 6.23. The summed E-state index contributed by atoms with van der Waals surface area (Å²) in [5, 5.41) is 7.80. The molecular weight excluding hydrogens is 308 g/mol. The molecule has 0 radical (unpaired) electrons. The van der Waals surface area contributed by atoms with Gasteiger partial charge in [0.05, 0.1) is 30.5 Å². The summed E-state index contributed by atoms with van der Waals surface area (Å²) in [4.78, 5) is 29.4. The maximum Gasteiger partial charge on any atom is 0.256 e. The van der Waals surface area contributed by atoms with Crippen molar-refractivity contribution in [1.29, 1.82) is 0 Å². The molecule has 7 nitrogen and oxygen atoms in total. The number of carbonyl (C=O) groups excluding carboxylic acids is 2. The number of aromatic amines is 1. The summed E-state index contributed by atoms with van der Waals surface area (Å²) in [7, 11) is 0. The highest BCUT2D eigenvalue weighted by Gasteiger charge is 2.37. The summed E-state index contributed by atoms with van der Waals surface area (Å²) in [5.74, 6) is -0.0603. The van der Waals surface area contributed by atoms with E-state index in [9.17, 15) is 9.59 Å². The van der Waals surface area contributed by atoms with Crippen molar-refractivity contribution in [2.45, 2.75) is 18.9 Å². The Labute approximate surface area is 139 Å². The summed E-state index contributed by atoms with van der Waals surface area (Å²) in [6.45, 7) is 2.96. The lowest BCUT2D eigenvalue weighted by Crippen LogP contribution is -2.51. The van der Waals surface area contributed by atoms with E-state index in [1.165, 1.54) is 0 Å². The van der Waals surface area contributed by atoms with Crippen molar-refractivity contribution in [3.8, 4) is 0 Å². The zero-order valence-corrected chi connectivity index (χ0v) is 13.4. The number of H-pyrrole nitrogens is 1. The number of ether oxygens (including phenoxy) is 1. The number of carbonyl (C=O) groups is 2. The number of nitrogens with zero attached hydrogens (tertiary/aromatic N) is 3. The zero-order chi connectivity index (χ0) is 16.5. The predicted molar refractivity (Wildman–Crippen MR) is 87.6 cm³/mol. The standard InChI is InChI=1S/C17H20N4O3/c22-16(13-4-1-3-12-11-18-19-15(12)13)21-6-2-5-14(21)17(23)20-7-9-24-10-8-20/h1,3-4,11,14H,2,5-10H2,(H,18,19)/t14-/m0/s1. The Hall–Kier alpha value is -2.41. The minimum atomic E-state index is -0.367. The number of likely N-dealkylation sites (tertiary alicyclic amines) is 1. The lowest BCUT2D eigenvalue weighted by atomic mass is 10.1. The summed E-state index contributed by atoms with van der Waals surface area (Å²) < 4.78 is 5.31. The third kappa shape index (κ3) is 2.54. The number of hydrogen-bond donors (Lipinski definition) is 1. The Morgan fingerprint density at radius 3 is 2.88 bits per heavy atom. The third-order valence-corrected chi connectivity index (χ3v) is 4.83. The van der Waals surface area contributed by atoms with Gasteiger partial charge in [-0.05, 0) is 18.9 Å². The molecule has 7 heteroatoms. The molecule has 1 N–H and O–H groups in total. The number of hydrogen-bond acceptors (Lipinski definition) is 4. The average molecular weight is 328 g/mol. The van der Waals surface area contributed by atoms with E-state index in [4.69, 9.17) is 4.74 Å². The third-order valence-electron chi connectivity index (χ3n) is 4.83. The topological polar surface area (TPSA) is 78.5 Å². The van der Waals surface area contributed by atoms with Gasteiger partial charge in [0.25, 0.3) is 5.91 Å². The SMILES string of the molecule is O=C([C@@H]1CCCN1C(=O)c1cccc2cn[nH]c12)N1CCOCC1. The van der Waals surface area contributed by atoms with E-state index < -0.39 is 0 Å². The second-order valence-electron chi connectivity index (χ2n) is 6.23. The summed E-state index contributed by atoms with van der Waals surface area (Å²) in [6, 6.07) is 5.18. The molecule has 0 spiro atoms. The van der Waals surface area contributed by atoms with Crippen molar-refractivity contribution in [2.75, 3.05) is 32.8 Å². The van der Waals surface area contributed by atoms with Crippen LogP contribution in [0.1, 0.15) is 23.2 Å². The van der Waals surface area contributed by atoms with E-state index in [1.807, 2.05) is 17.0 Å². The first-order valence-electron chi connectivity index (χ1n) is 8.35. The van der Waals surface area contributed by atoms with Gasteiger partial charge in [-0.15, -0.1) is 0 Å². The largest absolute Gasteiger partial charge is 0.378 e. The fourth-order valence-corrected chi connectivity index (χ4v) is 3.56. The molecule has 2 aromatic rings. The number of amides is 2. The van der Waals surface area contributed by atoms with Crippen LogP contribution in [0.25, 0.3) is 10.9 Å². The molecule has 4 rings (SSSR count). The quantitative estimate of drug-likeness (QED) is 0.893. The van der Waals surface area contributed by atoms with E-state index >= 15 is 0 Å². The molecule has 1 atom stereocenters. The lowest BCUT2D eigenvalue weighted by molar-refractivity contribution is -0.139. The summed E-state index contributed by atoms with van der Waals surface area (Å²) in [6.07, 6.45) is 3.28. The molecule has 2 fully saturated rings. The summed E-state index contributed by atoms with van der Waals surface area (Å²) >= 11 is 0. The minimum absolute atomic E-state index is 0.0425. The molecule has 2 amide bonds. The van der Waals surface area contributed by atoms with Crippen LogP contribution in [0.2, 0.25) is 0 Å². The van der Waals surface area contributed by atoms with Crippen LogP contribution >= 0.6 is 0 Å². The monoisotopic (exact) mass is 328 g/mol. The molecular formula is C17H20N4O3. The zero-order valence-electron chi connectivity index (χ0n) is 13.4. The smallest absolute Gasteiger partial charge is 0.256 e. The molecule has 0 aliphatic carbocycles. The Morgan fingerprint density at radius 2 is 2.04 bits per heavy atom. The van der Waals surface area contributed by atoms with Crippen LogP contribution in [-0.2, 0) is 9.53 Å². The molecule has 2 saturated heterocycles. The molecule has 2 aliphatic heterocycles. The molecule has 24 heavy (non-hydrogen) atoms. The first-order valence-corrected chi connectivity index (χ1v) is 8.35. The molecule has 0 unspecified atom stereocenters. The lowest BCUT2D eigenvalue weighted by Gasteiger charge is -2.32. The number of benzene rings is 1. The minimum Gasteiger partial charge on any atom is -0.378 e. The second kappa shape index (κ2) is 6.24. The predicted octanol–water partition coefficient (Wildman–Crippen LogP) is 1.03. The van der Waals surface area contributed by atoms with Gasteiger partial charge >= 0.3 is 0 Å². The van der Waals surface area contributed by atoms with Crippen molar-refractivity contribution in [3.05, 3.63) is 30.0 Å². The molecule has 3 heterocycles. The molecule has 2 aliphatic rings. The van der Waals surface area contributed by atoms with Crippen LogP contribution in [0, 0.1) is 0 Å². The van der Waals surface area contributed by atoms with Gasteiger partial charge < -0.3 is 14.5 Å². The van der Waals surface area contributed by atoms with Crippen LogP contribution in [-0.4, -0.2) is 70.7 Å². The first-order chi connectivity index (χ1) is 11.8. The first kappa shape index (κ1) is 15.1. The van der Waals surface area contributed by atoms with Crippen LogP contribution in [0.3, 0.4) is 0 Å². The average Bonchev–Trinajstić information content (AvgIpc) is 3.30. The molecule has 1 aromatic heterocycles. The highest BCUT2D eigenvalue weighted by molar-refractivity contribution is 6.06. The van der Waals surface area contributed by atoms with Gasteiger partial charge in [0.1, 0.15) is 6.04 Å². The van der Waals surface area contributed by atoms with Gasteiger partial charge in [-0.3, -0.25) is 14.7 Å². The Morgan fingerprint density at radius 1 is 1.21 bits per heavy atom. The number of fused-ring (bicyclic) bond motifs is 1. The normalized spacial score (nSPS) is 21.4. The Bertz CT molecular complexity index is 766. The van der Waals surface area contributed by atoms with E-state index in [-0.39, 0.29) is 17.9 Å². The van der Waals surface area contributed by atoms with Gasteiger partial charge in [-0.2, -0.15) is 5.10 Å². The molecule has 0 saturated carbocycles.